The van der Waals surface area contributed by atoms with Crippen molar-refractivity contribution in [3.05, 3.63) is 34.9 Å². The Morgan fingerprint density at radius 2 is 2.05 bits per heavy atom. The van der Waals surface area contributed by atoms with Gasteiger partial charge in [0.1, 0.15) is 0 Å². The van der Waals surface area contributed by atoms with Gasteiger partial charge in [0.25, 0.3) is 0 Å². The summed E-state index contributed by atoms with van der Waals surface area (Å²) in [7, 11) is 0. The average Bonchev–Trinajstić information content (AvgIpc) is 3.11. The first-order valence-electron chi connectivity index (χ1n) is 7.35. The Kier molecular flexibility index (Phi) is 3.89. The fraction of sp³-hybridized carbons (Fsp3) is 0.500. The molecule has 4 unspecified atom stereocenters. The first kappa shape index (κ1) is 14.4. The summed E-state index contributed by atoms with van der Waals surface area (Å²) in [4.78, 5) is 23.4. The second-order valence-electron chi connectivity index (χ2n) is 5.99. The van der Waals surface area contributed by atoms with E-state index < -0.39 is 11.9 Å². The van der Waals surface area contributed by atoms with Crippen LogP contribution in [0.2, 0.25) is 5.02 Å². The monoisotopic (exact) mass is 307 g/mol. The Morgan fingerprint density at radius 1 is 1.24 bits per heavy atom. The standard InChI is InChI=1S/C16H18ClNO3/c17-10-4-1-3-9(7-10)12-8-13(12)15(19)18-14-6-2-5-11(14)16(20)21/h1,3-4,7,11-14H,2,5-6,8H2,(H,18,19)(H,20,21). The molecule has 3 rings (SSSR count). The molecule has 0 bridgehead atoms. The number of carboxylic acids is 1. The van der Waals surface area contributed by atoms with E-state index in [1.165, 1.54) is 0 Å². The number of amides is 1. The van der Waals surface area contributed by atoms with Crippen LogP contribution in [0, 0.1) is 11.8 Å². The minimum absolute atomic E-state index is 0.0156. The van der Waals surface area contributed by atoms with Crippen molar-refractivity contribution in [2.75, 3.05) is 0 Å². The van der Waals surface area contributed by atoms with E-state index in [1.54, 1.807) is 0 Å². The Hall–Kier alpha value is -1.55. The van der Waals surface area contributed by atoms with Gasteiger partial charge in [-0.3, -0.25) is 9.59 Å². The van der Waals surface area contributed by atoms with Gasteiger partial charge in [-0.1, -0.05) is 30.2 Å². The average molecular weight is 308 g/mol. The lowest BCUT2D eigenvalue weighted by Gasteiger charge is -2.17. The molecule has 2 fully saturated rings. The number of aliphatic carboxylic acids is 1. The van der Waals surface area contributed by atoms with Crippen LogP contribution in [0.25, 0.3) is 0 Å². The zero-order valence-corrected chi connectivity index (χ0v) is 12.3. The van der Waals surface area contributed by atoms with Crippen molar-refractivity contribution in [2.24, 2.45) is 11.8 Å². The third-order valence-electron chi connectivity index (χ3n) is 4.56. The summed E-state index contributed by atoms with van der Waals surface area (Å²) in [6, 6.07) is 7.38. The lowest BCUT2D eigenvalue weighted by atomic mass is 10.0. The fourth-order valence-electron chi connectivity index (χ4n) is 3.31. The highest BCUT2D eigenvalue weighted by Crippen LogP contribution is 2.48. The maximum absolute atomic E-state index is 12.3. The van der Waals surface area contributed by atoms with Gasteiger partial charge >= 0.3 is 5.97 Å². The molecule has 0 aliphatic heterocycles. The van der Waals surface area contributed by atoms with Crippen molar-refractivity contribution < 1.29 is 14.7 Å². The second-order valence-corrected chi connectivity index (χ2v) is 6.43. The molecule has 112 valence electrons. The number of carboxylic acid groups (broad SMARTS) is 1. The topological polar surface area (TPSA) is 66.4 Å². The molecule has 2 saturated carbocycles. The maximum atomic E-state index is 12.3. The highest BCUT2D eigenvalue weighted by Gasteiger charge is 2.45. The zero-order chi connectivity index (χ0) is 15.0. The molecule has 0 saturated heterocycles. The molecule has 0 heterocycles. The Labute approximate surface area is 128 Å². The van der Waals surface area contributed by atoms with E-state index in [2.05, 4.69) is 5.32 Å². The summed E-state index contributed by atoms with van der Waals surface area (Å²) in [5, 5.41) is 12.8. The van der Waals surface area contributed by atoms with E-state index in [1.807, 2.05) is 24.3 Å². The molecule has 4 atom stereocenters. The molecular weight excluding hydrogens is 290 g/mol. The van der Waals surface area contributed by atoms with Crippen LogP contribution in [0.15, 0.2) is 24.3 Å². The minimum Gasteiger partial charge on any atom is -0.481 e. The van der Waals surface area contributed by atoms with Crippen LogP contribution in [0.4, 0.5) is 0 Å². The minimum atomic E-state index is -0.806. The smallest absolute Gasteiger partial charge is 0.308 e. The predicted molar refractivity (Wildman–Crippen MR) is 79.2 cm³/mol. The number of nitrogens with one attached hydrogen (secondary N) is 1. The van der Waals surface area contributed by atoms with Crippen molar-refractivity contribution in [1.29, 1.82) is 0 Å². The highest BCUT2D eigenvalue weighted by atomic mass is 35.5. The Bertz CT molecular complexity index is 574. The first-order chi connectivity index (χ1) is 10.1. The first-order valence-corrected chi connectivity index (χ1v) is 7.72. The number of halogens is 1. The number of carbonyl (C=O) groups is 2. The van der Waals surface area contributed by atoms with E-state index in [4.69, 9.17) is 16.7 Å². The molecular formula is C16H18ClNO3. The molecule has 1 amide bonds. The Balaban J connectivity index is 1.59. The third-order valence-corrected chi connectivity index (χ3v) is 4.80. The van der Waals surface area contributed by atoms with Gasteiger partial charge in [0, 0.05) is 17.0 Å². The molecule has 2 aliphatic carbocycles. The lowest BCUT2D eigenvalue weighted by Crippen LogP contribution is -2.41. The molecule has 1 aromatic carbocycles. The molecule has 4 nitrogen and oxygen atoms in total. The number of carbonyl (C=O) groups excluding carboxylic acids is 1. The number of rotatable bonds is 4. The second kappa shape index (κ2) is 5.68. The molecule has 2 aliphatic rings. The van der Waals surface area contributed by atoms with E-state index in [9.17, 15) is 9.59 Å². The quantitative estimate of drug-likeness (QED) is 0.899. The summed E-state index contributed by atoms with van der Waals surface area (Å²) < 4.78 is 0. The van der Waals surface area contributed by atoms with Gasteiger partial charge in [0.15, 0.2) is 0 Å². The molecule has 0 aromatic heterocycles. The summed E-state index contributed by atoms with van der Waals surface area (Å²) in [6.45, 7) is 0. The maximum Gasteiger partial charge on any atom is 0.308 e. The number of hydrogen-bond donors (Lipinski definition) is 2. The lowest BCUT2D eigenvalue weighted by molar-refractivity contribution is -0.142. The van der Waals surface area contributed by atoms with Crippen LogP contribution < -0.4 is 5.32 Å². The highest BCUT2D eigenvalue weighted by molar-refractivity contribution is 6.30. The van der Waals surface area contributed by atoms with Crippen molar-refractivity contribution in [1.82, 2.24) is 5.32 Å². The molecule has 21 heavy (non-hydrogen) atoms. The van der Waals surface area contributed by atoms with Crippen molar-refractivity contribution >= 4 is 23.5 Å². The van der Waals surface area contributed by atoms with Crippen LogP contribution in [0.3, 0.4) is 0 Å². The fourth-order valence-corrected chi connectivity index (χ4v) is 3.51. The van der Waals surface area contributed by atoms with Crippen molar-refractivity contribution in [2.45, 2.75) is 37.6 Å². The van der Waals surface area contributed by atoms with E-state index in [0.29, 0.717) is 11.4 Å². The van der Waals surface area contributed by atoms with Gasteiger partial charge in [-0.2, -0.15) is 0 Å². The number of benzene rings is 1. The molecule has 1 aromatic rings. The SMILES string of the molecule is O=C(O)C1CCCC1NC(=O)C1CC1c1cccc(Cl)c1. The van der Waals surface area contributed by atoms with Gasteiger partial charge in [0.05, 0.1) is 5.92 Å². The van der Waals surface area contributed by atoms with Gasteiger partial charge in [-0.25, -0.2) is 0 Å². The van der Waals surface area contributed by atoms with Gasteiger partial charge < -0.3 is 10.4 Å². The van der Waals surface area contributed by atoms with Crippen molar-refractivity contribution in [3.8, 4) is 0 Å². The van der Waals surface area contributed by atoms with E-state index in [0.717, 1.165) is 24.8 Å². The zero-order valence-electron chi connectivity index (χ0n) is 11.6. The summed E-state index contributed by atoms with van der Waals surface area (Å²) in [5.74, 6) is -1.08. The third kappa shape index (κ3) is 3.05. The normalized spacial score (nSPS) is 30.9. The summed E-state index contributed by atoms with van der Waals surface area (Å²) in [6.07, 6.45) is 3.10. The van der Waals surface area contributed by atoms with Crippen LogP contribution in [-0.4, -0.2) is 23.0 Å². The van der Waals surface area contributed by atoms with Crippen LogP contribution in [0.1, 0.15) is 37.2 Å². The predicted octanol–water partition coefficient (Wildman–Crippen LogP) is 2.81. The van der Waals surface area contributed by atoms with E-state index in [-0.39, 0.29) is 23.8 Å². The molecule has 0 spiro atoms. The van der Waals surface area contributed by atoms with Crippen LogP contribution in [-0.2, 0) is 9.59 Å². The van der Waals surface area contributed by atoms with Gasteiger partial charge in [-0.15, -0.1) is 0 Å². The van der Waals surface area contributed by atoms with Gasteiger partial charge in [0.2, 0.25) is 5.91 Å². The van der Waals surface area contributed by atoms with E-state index >= 15 is 0 Å². The number of hydrogen-bond acceptors (Lipinski definition) is 2. The van der Waals surface area contributed by atoms with Crippen molar-refractivity contribution in [3.63, 3.8) is 0 Å². The largest absolute Gasteiger partial charge is 0.481 e. The van der Waals surface area contributed by atoms with Crippen LogP contribution >= 0.6 is 11.6 Å². The van der Waals surface area contributed by atoms with Crippen LogP contribution in [0.5, 0.6) is 0 Å². The Morgan fingerprint density at radius 3 is 2.76 bits per heavy atom. The summed E-state index contributed by atoms with van der Waals surface area (Å²) in [5.41, 5.74) is 1.09. The molecule has 0 radical (unpaired) electrons. The van der Waals surface area contributed by atoms with Gasteiger partial charge in [-0.05, 0) is 42.9 Å². The summed E-state index contributed by atoms with van der Waals surface area (Å²) >= 11 is 5.97. The molecule has 5 heteroatoms. The molecule has 2 N–H and O–H groups in total.